The molecule has 0 aliphatic rings. The average Bonchev–Trinajstić information content (AvgIpc) is 2.29. The van der Waals surface area contributed by atoms with Crippen molar-refractivity contribution in [2.24, 2.45) is 5.41 Å². The summed E-state index contributed by atoms with van der Waals surface area (Å²) >= 11 is 0. The van der Waals surface area contributed by atoms with Gasteiger partial charge >= 0.3 is 0 Å². The minimum atomic E-state index is -0.253. The normalized spacial score (nSPS) is 10.8. The SMILES string of the molecule is CN(C)c1ccc(NCCC(C)(C)C#N)cc1. The van der Waals surface area contributed by atoms with Gasteiger partial charge in [-0.1, -0.05) is 0 Å². The van der Waals surface area contributed by atoms with Crippen LogP contribution < -0.4 is 10.2 Å². The number of benzene rings is 1. The number of anilines is 2. The van der Waals surface area contributed by atoms with E-state index in [4.69, 9.17) is 5.26 Å². The van der Waals surface area contributed by atoms with Crippen molar-refractivity contribution in [3.8, 4) is 6.07 Å². The quantitative estimate of drug-likeness (QED) is 0.846. The van der Waals surface area contributed by atoms with Crippen molar-refractivity contribution in [3.63, 3.8) is 0 Å². The van der Waals surface area contributed by atoms with Crippen LogP contribution in [0, 0.1) is 16.7 Å². The fourth-order valence-electron chi connectivity index (χ4n) is 1.45. The summed E-state index contributed by atoms with van der Waals surface area (Å²) in [7, 11) is 4.05. The summed E-state index contributed by atoms with van der Waals surface area (Å²) in [6.07, 6.45) is 0.846. The Bertz CT molecular complexity index is 385. The van der Waals surface area contributed by atoms with Crippen LogP contribution in [0.25, 0.3) is 0 Å². The monoisotopic (exact) mass is 231 g/mol. The summed E-state index contributed by atoms with van der Waals surface area (Å²) in [5.41, 5.74) is 2.04. The molecule has 1 rings (SSSR count). The lowest BCUT2D eigenvalue weighted by atomic mass is 9.91. The standard InChI is InChI=1S/C14H21N3/c1-14(2,11-15)9-10-16-12-5-7-13(8-6-12)17(3)4/h5-8,16H,9-10H2,1-4H3. The Labute approximate surface area is 104 Å². The van der Waals surface area contributed by atoms with Crippen molar-refractivity contribution >= 4 is 11.4 Å². The molecule has 0 heterocycles. The van der Waals surface area contributed by atoms with Gasteiger partial charge < -0.3 is 10.2 Å². The van der Waals surface area contributed by atoms with E-state index in [0.717, 1.165) is 18.7 Å². The topological polar surface area (TPSA) is 39.1 Å². The van der Waals surface area contributed by atoms with Gasteiger partial charge in [0.25, 0.3) is 0 Å². The van der Waals surface area contributed by atoms with E-state index in [1.807, 2.05) is 27.9 Å². The van der Waals surface area contributed by atoms with E-state index in [1.54, 1.807) is 0 Å². The lowest BCUT2D eigenvalue weighted by Gasteiger charge is -2.16. The highest BCUT2D eigenvalue weighted by Crippen LogP contribution is 2.20. The second kappa shape index (κ2) is 5.58. The summed E-state index contributed by atoms with van der Waals surface area (Å²) in [6, 6.07) is 10.6. The zero-order valence-electron chi connectivity index (χ0n) is 11.1. The zero-order chi connectivity index (χ0) is 12.9. The minimum Gasteiger partial charge on any atom is -0.385 e. The molecule has 0 saturated carbocycles. The van der Waals surface area contributed by atoms with Crippen molar-refractivity contribution in [3.05, 3.63) is 24.3 Å². The third-order valence-electron chi connectivity index (χ3n) is 2.77. The Kier molecular flexibility index (Phi) is 4.39. The first-order chi connectivity index (χ1) is 7.94. The summed E-state index contributed by atoms with van der Waals surface area (Å²) in [4.78, 5) is 2.07. The predicted octanol–water partition coefficient (Wildman–Crippen LogP) is 3.10. The maximum atomic E-state index is 8.91. The first kappa shape index (κ1) is 13.4. The van der Waals surface area contributed by atoms with Crippen LogP contribution in [-0.2, 0) is 0 Å². The van der Waals surface area contributed by atoms with Crippen LogP contribution in [0.5, 0.6) is 0 Å². The molecule has 0 spiro atoms. The molecule has 0 bridgehead atoms. The maximum absolute atomic E-state index is 8.91. The molecule has 0 saturated heterocycles. The zero-order valence-corrected chi connectivity index (χ0v) is 11.1. The highest BCUT2D eigenvalue weighted by atomic mass is 15.1. The molecule has 1 N–H and O–H groups in total. The van der Waals surface area contributed by atoms with E-state index >= 15 is 0 Å². The van der Waals surface area contributed by atoms with Crippen LogP contribution in [0.15, 0.2) is 24.3 Å². The molecule has 1 aromatic carbocycles. The fraction of sp³-hybridized carbons (Fsp3) is 0.500. The second-order valence-electron chi connectivity index (χ2n) is 5.11. The summed E-state index contributed by atoms with van der Waals surface area (Å²) in [5, 5.41) is 12.2. The number of nitrogens with zero attached hydrogens (tertiary/aromatic N) is 2. The van der Waals surface area contributed by atoms with Crippen molar-refractivity contribution in [2.45, 2.75) is 20.3 Å². The number of nitrogens with one attached hydrogen (secondary N) is 1. The third-order valence-corrected chi connectivity index (χ3v) is 2.77. The third kappa shape index (κ3) is 4.36. The molecule has 92 valence electrons. The predicted molar refractivity (Wildman–Crippen MR) is 73.3 cm³/mol. The van der Waals surface area contributed by atoms with Gasteiger partial charge in [0.15, 0.2) is 0 Å². The average molecular weight is 231 g/mol. The van der Waals surface area contributed by atoms with Gasteiger partial charge in [-0.3, -0.25) is 0 Å². The molecule has 0 aromatic heterocycles. The lowest BCUT2D eigenvalue weighted by Crippen LogP contribution is -2.14. The first-order valence-electron chi connectivity index (χ1n) is 5.87. The lowest BCUT2D eigenvalue weighted by molar-refractivity contribution is 0.466. The Balaban J connectivity index is 2.46. The van der Waals surface area contributed by atoms with Crippen molar-refractivity contribution < 1.29 is 0 Å². The highest BCUT2D eigenvalue weighted by Gasteiger charge is 2.15. The van der Waals surface area contributed by atoms with E-state index in [2.05, 4.69) is 40.6 Å². The van der Waals surface area contributed by atoms with Gasteiger partial charge in [0.2, 0.25) is 0 Å². The Morgan fingerprint density at radius 3 is 2.29 bits per heavy atom. The Morgan fingerprint density at radius 2 is 1.82 bits per heavy atom. The number of rotatable bonds is 5. The molecule has 0 unspecified atom stereocenters. The minimum absolute atomic E-state index is 0.253. The molecule has 17 heavy (non-hydrogen) atoms. The Hall–Kier alpha value is -1.69. The van der Waals surface area contributed by atoms with Gasteiger partial charge in [-0.2, -0.15) is 5.26 Å². The van der Waals surface area contributed by atoms with Crippen LogP contribution in [0.3, 0.4) is 0 Å². The molecule has 0 aliphatic heterocycles. The molecule has 0 amide bonds. The number of hydrogen-bond acceptors (Lipinski definition) is 3. The van der Waals surface area contributed by atoms with Crippen molar-refractivity contribution in [2.75, 3.05) is 30.9 Å². The number of nitriles is 1. The summed E-state index contributed by atoms with van der Waals surface area (Å²) in [6.45, 7) is 4.75. The van der Waals surface area contributed by atoms with Gasteiger partial charge in [0.1, 0.15) is 0 Å². The molecular weight excluding hydrogens is 210 g/mol. The molecule has 1 aromatic rings. The molecule has 0 radical (unpaired) electrons. The second-order valence-corrected chi connectivity index (χ2v) is 5.11. The number of hydrogen-bond donors (Lipinski definition) is 1. The van der Waals surface area contributed by atoms with E-state index in [-0.39, 0.29) is 5.41 Å². The van der Waals surface area contributed by atoms with Crippen molar-refractivity contribution in [1.82, 2.24) is 0 Å². The smallest absolute Gasteiger partial charge is 0.0684 e. The molecule has 3 heteroatoms. The van der Waals surface area contributed by atoms with Crippen LogP contribution >= 0.6 is 0 Å². The molecule has 3 nitrogen and oxygen atoms in total. The largest absolute Gasteiger partial charge is 0.385 e. The summed E-state index contributed by atoms with van der Waals surface area (Å²) in [5.74, 6) is 0. The van der Waals surface area contributed by atoms with Crippen LogP contribution in [0.4, 0.5) is 11.4 Å². The van der Waals surface area contributed by atoms with Crippen LogP contribution in [0.1, 0.15) is 20.3 Å². The van der Waals surface area contributed by atoms with Gasteiger partial charge in [-0.25, -0.2) is 0 Å². The van der Waals surface area contributed by atoms with Gasteiger partial charge in [0.05, 0.1) is 11.5 Å². The molecular formula is C14H21N3. The highest BCUT2D eigenvalue weighted by molar-refractivity contribution is 5.54. The van der Waals surface area contributed by atoms with E-state index in [0.29, 0.717) is 0 Å². The van der Waals surface area contributed by atoms with E-state index in [9.17, 15) is 0 Å². The van der Waals surface area contributed by atoms with Crippen LogP contribution in [0.2, 0.25) is 0 Å². The molecule has 0 atom stereocenters. The van der Waals surface area contributed by atoms with Crippen molar-refractivity contribution in [1.29, 1.82) is 5.26 Å². The van der Waals surface area contributed by atoms with E-state index < -0.39 is 0 Å². The molecule has 0 fully saturated rings. The van der Waals surface area contributed by atoms with E-state index in [1.165, 1.54) is 5.69 Å². The molecule has 0 aliphatic carbocycles. The van der Waals surface area contributed by atoms with Gasteiger partial charge in [-0.15, -0.1) is 0 Å². The maximum Gasteiger partial charge on any atom is 0.0684 e. The van der Waals surface area contributed by atoms with Gasteiger partial charge in [0, 0.05) is 32.0 Å². The first-order valence-corrected chi connectivity index (χ1v) is 5.87. The Morgan fingerprint density at radius 1 is 1.24 bits per heavy atom. The van der Waals surface area contributed by atoms with Crippen LogP contribution in [-0.4, -0.2) is 20.6 Å². The fourth-order valence-corrected chi connectivity index (χ4v) is 1.45. The van der Waals surface area contributed by atoms with Gasteiger partial charge in [-0.05, 0) is 44.5 Å². The summed E-state index contributed by atoms with van der Waals surface area (Å²) < 4.78 is 0.